The molecule has 3 heterocycles. The van der Waals surface area contributed by atoms with Crippen LogP contribution in [-0.2, 0) is 7.05 Å². The second kappa shape index (κ2) is 10.6. The quantitative estimate of drug-likeness (QED) is 0.487. The number of benzene rings is 1. The molecule has 39 heavy (non-hydrogen) atoms. The van der Waals surface area contributed by atoms with E-state index in [9.17, 15) is 24.3 Å². The highest BCUT2D eigenvalue weighted by atomic mass is 16.3. The third-order valence-electron chi connectivity index (χ3n) is 7.28. The van der Waals surface area contributed by atoms with E-state index >= 15 is 0 Å². The summed E-state index contributed by atoms with van der Waals surface area (Å²) in [6.45, 7) is 1.75. The fourth-order valence-electron chi connectivity index (χ4n) is 5.18. The van der Waals surface area contributed by atoms with Crippen molar-refractivity contribution >= 4 is 18.1 Å². The van der Waals surface area contributed by atoms with Crippen molar-refractivity contribution in [2.24, 2.45) is 12.1 Å². The van der Waals surface area contributed by atoms with Crippen molar-refractivity contribution in [3.05, 3.63) is 107 Å². The maximum absolute atomic E-state index is 13.3. The van der Waals surface area contributed by atoms with Crippen molar-refractivity contribution in [1.82, 2.24) is 19.1 Å². The van der Waals surface area contributed by atoms with Crippen molar-refractivity contribution in [1.29, 1.82) is 0 Å². The molecular formula is C29H29N5O5. The van der Waals surface area contributed by atoms with Crippen LogP contribution < -0.4 is 27.5 Å². The molecule has 2 aliphatic rings. The van der Waals surface area contributed by atoms with Gasteiger partial charge in [-0.15, -0.1) is 0 Å². The Morgan fingerprint density at radius 1 is 1.00 bits per heavy atom. The number of fused-ring (bicyclic) bond motifs is 1. The van der Waals surface area contributed by atoms with Gasteiger partial charge in [0, 0.05) is 12.3 Å². The van der Waals surface area contributed by atoms with Gasteiger partial charge in [-0.1, -0.05) is 55.7 Å². The van der Waals surface area contributed by atoms with Crippen LogP contribution in [0.5, 0.6) is 5.88 Å². The Morgan fingerprint density at radius 3 is 2.44 bits per heavy atom. The standard InChI is InChI=1S/C29H29N5O5/c1-18-21(26(36)32(2)24-23(18)28(38)34(31-24)20-14-8-4-9-15-20)16-10-5-11-17-22-25(35)30-29(39)33(27(22)37)19-12-6-3-7-13-19/h3,5-7,10-13,16-17,20,37H,4,8-9,14-15H2,1-2H3,(H,30,35,39)/b10-5+,17-11+,21-16+. The number of nitrogens with zero attached hydrogens (tertiary/aromatic N) is 4. The maximum atomic E-state index is 13.3. The number of pyridine rings is 1. The minimum atomic E-state index is -0.754. The zero-order valence-corrected chi connectivity index (χ0v) is 21.8. The molecule has 0 unspecified atom stereocenters. The normalized spacial score (nSPS) is 16.4. The first-order valence-electron chi connectivity index (χ1n) is 12.9. The lowest BCUT2D eigenvalue weighted by Crippen LogP contribution is -2.44. The Morgan fingerprint density at radius 2 is 1.72 bits per heavy atom. The number of aromatic amines is 1. The highest BCUT2D eigenvalue weighted by molar-refractivity contribution is 5.96. The lowest BCUT2D eigenvalue weighted by Gasteiger charge is -2.27. The van der Waals surface area contributed by atoms with Crippen LogP contribution in [0, 0.1) is 6.92 Å². The highest BCUT2D eigenvalue weighted by Crippen LogP contribution is 2.25. The number of allylic oxidation sites excluding steroid dienone is 3. The Hall–Kier alpha value is -4.73. The second-order valence-electron chi connectivity index (χ2n) is 9.72. The van der Waals surface area contributed by atoms with E-state index in [4.69, 9.17) is 0 Å². The summed E-state index contributed by atoms with van der Waals surface area (Å²) in [6, 6.07) is 8.51. The molecule has 10 nitrogen and oxygen atoms in total. The highest BCUT2D eigenvalue weighted by Gasteiger charge is 2.33. The lowest BCUT2D eigenvalue weighted by atomic mass is 9.95. The number of para-hydroxylation sites is 1. The number of H-pyrrole nitrogens is 1. The number of aromatic hydroxyl groups is 1. The molecule has 200 valence electrons. The number of hydrogen-bond donors (Lipinski definition) is 2. The summed E-state index contributed by atoms with van der Waals surface area (Å²) in [7, 11) is 1.61. The lowest BCUT2D eigenvalue weighted by molar-refractivity contribution is 0.0663. The average Bonchev–Trinajstić information content (AvgIpc) is 3.28. The van der Waals surface area contributed by atoms with E-state index in [1.165, 1.54) is 16.7 Å². The maximum Gasteiger partial charge on any atom is 0.335 e. The topological polar surface area (TPSA) is 130 Å². The molecule has 10 heteroatoms. The zero-order chi connectivity index (χ0) is 27.7. The Balaban J connectivity index is 1.45. The Kier molecular flexibility index (Phi) is 7.02. The molecule has 0 radical (unpaired) electrons. The van der Waals surface area contributed by atoms with E-state index in [2.05, 4.69) is 10.1 Å². The largest absolute Gasteiger partial charge is 0.494 e. The summed E-state index contributed by atoms with van der Waals surface area (Å²) in [5, 5.41) is 17.1. The van der Waals surface area contributed by atoms with E-state index < -0.39 is 17.1 Å². The minimum Gasteiger partial charge on any atom is -0.494 e. The fourth-order valence-corrected chi connectivity index (χ4v) is 5.18. The van der Waals surface area contributed by atoms with Crippen LogP contribution in [0.3, 0.4) is 0 Å². The summed E-state index contributed by atoms with van der Waals surface area (Å²) in [5.41, 5.74) is -0.0511. The minimum absolute atomic E-state index is 0.0569. The van der Waals surface area contributed by atoms with Gasteiger partial charge < -0.3 is 5.11 Å². The van der Waals surface area contributed by atoms with Crippen LogP contribution in [0.25, 0.3) is 17.8 Å². The van der Waals surface area contributed by atoms with Gasteiger partial charge in [0.15, 0.2) is 5.49 Å². The zero-order valence-electron chi connectivity index (χ0n) is 21.8. The molecule has 1 saturated carbocycles. The number of rotatable bonds is 5. The van der Waals surface area contributed by atoms with Crippen LogP contribution in [0.4, 0.5) is 0 Å². The summed E-state index contributed by atoms with van der Waals surface area (Å²) < 4.78 is 2.41. The van der Waals surface area contributed by atoms with Crippen LogP contribution in [0.1, 0.15) is 53.6 Å². The van der Waals surface area contributed by atoms with Crippen molar-refractivity contribution in [2.45, 2.75) is 45.1 Å². The van der Waals surface area contributed by atoms with E-state index in [0.717, 1.165) is 36.7 Å². The summed E-state index contributed by atoms with van der Waals surface area (Å²) in [5.74, 6) is -0.663. The third kappa shape index (κ3) is 4.69. The SMILES string of the molecule is Cc1c2c(n(C)c(=O)/c1=C/C=C/C=C/c1c(O)n(-c3ccccc3)c(=O)[nH]c1=O)=NN(C1CCCCC1)C2=O. The van der Waals surface area contributed by atoms with Crippen LogP contribution in [-0.4, -0.2) is 36.2 Å². The molecule has 2 aromatic heterocycles. The summed E-state index contributed by atoms with van der Waals surface area (Å²) in [6.07, 6.45) is 12.8. The summed E-state index contributed by atoms with van der Waals surface area (Å²) in [4.78, 5) is 53.2. The molecular weight excluding hydrogens is 498 g/mol. The Labute approximate surface area is 223 Å². The number of amides is 1. The van der Waals surface area contributed by atoms with E-state index in [1.807, 2.05) is 0 Å². The number of carbonyl (C=O) groups excluding carboxylic acids is 1. The van der Waals surface area contributed by atoms with Crippen LogP contribution in [0.2, 0.25) is 0 Å². The van der Waals surface area contributed by atoms with Crippen molar-refractivity contribution in [3.8, 4) is 11.6 Å². The molecule has 2 N–H and O–H groups in total. The predicted molar refractivity (Wildman–Crippen MR) is 147 cm³/mol. The number of aromatic nitrogens is 3. The van der Waals surface area contributed by atoms with Crippen LogP contribution in [0.15, 0.2) is 68.0 Å². The van der Waals surface area contributed by atoms with E-state index in [-0.39, 0.29) is 23.1 Å². The molecule has 0 saturated heterocycles. The fraction of sp³-hybridized carbons (Fsp3) is 0.276. The average molecular weight is 528 g/mol. The second-order valence-corrected chi connectivity index (χ2v) is 9.72. The van der Waals surface area contributed by atoms with Gasteiger partial charge in [-0.25, -0.2) is 14.4 Å². The van der Waals surface area contributed by atoms with Gasteiger partial charge in [-0.3, -0.25) is 23.9 Å². The van der Waals surface area contributed by atoms with E-state index in [1.54, 1.807) is 67.5 Å². The number of hydrogen-bond acceptors (Lipinski definition) is 6. The van der Waals surface area contributed by atoms with Gasteiger partial charge in [0.05, 0.1) is 17.3 Å². The summed E-state index contributed by atoms with van der Waals surface area (Å²) >= 11 is 0. The smallest absolute Gasteiger partial charge is 0.335 e. The van der Waals surface area contributed by atoms with Gasteiger partial charge in [0.25, 0.3) is 17.0 Å². The molecule has 3 aromatic rings. The molecule has 0 spiro atoms. The Bertz CT molecular complexity index is 1810. The first kappa shape index (κ1) is 25.9. The predicted octanol–water partition coefficient (Wildman–Crippen LogP) is 1.61. The molecule has 1 aliphatic carbocycles. The van der Waals surface area contributed by atoms with Gasteiger partial charge in [-0.05, 0) is 49.6 Å². The third-order valence-corrected chi connectivity index (χ3v) is 7.28. The van der Waals surface area contributed by atoms with Gasteiger partial charge >= 0.3 is 5.69 Å². The molecule has 0 atom stereocenters. The first-order chi connectivity index (χ1) is 18.8. The van der Waals surface area contributed by atoms with Crippen molar-refractivity contribution in [2.75, 3.05) is 0 Å². The van der Waals surface area contributed by atoms with Gasteiger partial charge in [0.1, 0.15) is 5.56 Å². The van der Waals surface area contributed by atoms with Crippen molar-refractivity contribution in [3.63, 3.8) is 0 Å². The van der Waals surface area contributed by atoms with Gasteiger partial charge in [0.2, 0.25) is 5.88 Å². The molecule has 1 amide bonds. The molecule has 0 bridgehead atoms. The molecule has 1 fully saturated rings. The molecule has 1 aromatic carbocycles. The molecule has 1 aliphatic heterocycles. The van der Waals surface area contributed by atoms with Crippen molar-refractivity contribution < 1.29 is 9.90 Å². The van der Waals surface area contributed by atoms with Gasteiger partial charge in [-0.2, -0.15) is 5.10 Å². The first-order valence-corrected chi connectivity index (χ1v) is 12.9. The van der Waals surface area contributed by atoms with E-state index in [0.29, 0.717) is 27.5 Å². The molecule has 5 rings (SSSR count). The number of carbonyl (C=O) groups is 1. The monoisotopic (exact) mass is 527 g/mol. The van der Waals surface area contributed by atoms with Crippen LogP contribution >= 0.6 is 0 Å². The number of nitrogens with one attached hydrogen (secondary N) is 1.